The van der Waals surface area contributed by atoms with Gasteiger partial charge >= 0.3 is 0 Å². The maximum absolute atomic E-state index is 13.9. The summed E-state index contributed by atoms with van der Waals surface area (Å²) in [6.45, 7) is 1.32. The topological polar surface area (TPSA) is 88.8 Å². The van der Waals surface area contributed by atoms with E-state index in [1.807, 2.05) is 6.07 Å². The van der Waals surface area contributed by atoms with Gasteiger partial charge in [0.25, 0.3) is 0 Å². The van der Waals surface area contributed by atoms with Crippen LogP contribution in [0, 0.1) is 11.7 Å². The summed E-state index contributed by atoms with van der Waals surface area (Å²) in [5.41, 5.74) is 0.144. The van der Waals surface area contributed by atoms with Crippen molar-refractivity contribution >= 4 is 29.0 Å². The predicted octanol–water partition coefficient (Wildman–Crippen LogP) is 2.70. The molecule has 28 heavy (non-hydrogen) atoms. The summed E-state index contributed by atoms with van der Waals surface area (Å²) in [6, 6.07) is 6.03. The molecular formula is C18H17ClFN7O. The first kappa shape index (κ1) is 18.3. The molecule has 2 aromatic heterocycles. The second-order valence-corrected chi connectivity index (χ2v) is 6.89. The molecule has 0 bridgehead atoms. The van der Waals surface area contributed by atoms with Gasteiger partial charge in [-0.3, -0.25) is 4.79 Å². The molecule has 144 valence electrons. The number of benzene rings is 1. The number of nitrogens with zero attached hydrogens (tertiary/aromatic N) is 6. The Morgan fingerprint density at radius 1 is 1.14 bits per heavy atom. The molecule has 1 saturated heterocycles. The molecule has 3 heterocycles. The number of carbonyl (C=O) groups is 1. The number of hydrogen-bond acceptors (Lipinski definition) is 6. The van der Waals surface area contributed by atoms with Crippen LogP contribution >= 0.6 is 11.6 Å². The standard InChI is InChI=1S/C18H17ClFN7O/c19-13-1-2-15(14(20)7-13)25-18(28)12-3-5-26(6-4-12)16-8-17(23-10-22-16)27-11-21-9-24-27/h1-2,7-12H,3-6H2,(H,25,28). The highest BCUT2D eigenvalue weighted by Crippen LogP contribution is 2.25. The van der Waals surface area contributed by atoms with Gasteiger partial charge in [0, 0.05) is 30.1 Å². The second-order valence-electron chi connectivity index (χ2n) is 6.45. The van der Waals surface area contributed by atoms with E-state index in [1.165, 1.54) is 24.8 Å². The van der Waals surface area contributed by atoms with Crippen molar-refractivity contribution in [1.82, 2.24) is 24.7 Å². The quantitative estimate of drug-likeness (QED) is 0.723. The van der Waals surface area contributed by atoms with Crippen LogP contribution in [0.1, 0.15) is 12.8 Å². The Morgan fingerprint density at radius 3 is 2.64 bits per heavy atom. The number of nitrogens with one attached hydrogen (secondary N) is 1. The zero-order valence-electron chi connectivity index (χ0n) is 14.8. The number of rotatable bonds is 4. The van der Waals surface area contributed by atoms with Gasteiger partial charge in [0.15, 0.2) is 5.82 Å². The van der Waals surface area contributed by atoms with Crippen molar-refractivity contribution in [3.63, 3.8) is 0 Å². The molecule has 0 atom stereocenters. The summed E-state index contributed by atoms with van der Waals surface area (Å²) in [5, 5.41) is 7.01. The van der Waals surface area contributed by atoms with Crippen molar-refractivity contribution in [1.29, 1.82) is 0 Å². The molecule has 0 radical (unpaired) electrons. The van der Waals surface area contributed by atoms with Crippen molar-refractivity contribution in [2.24, 2.45) is 5.92 Å². The number of hydrogen-bond donors (Lipinski definition) is 1. The molecule has 0 aliphatic carbocycles. The van der Waals surface area contributed by atoms with E-state index < -0.39 is 5.82 Å². The van der Waals surface area contributed by atoms with Crippen molar-refractivity contribution in [2.75, 3.05) is 23.3 Å². The van der Waals surface area contributed by atoms with Gasteiger partial charge in [-0.1, -0.05) is 11.6 Å². The van der Waals surface area contributed by atoms with Gasteiger partial charge in [-0.2, -0.15) is 5.10 Å². The van der Waals surface area contributed by atoms with E-state index in [0.29, 0.717) is 36.8 Å². The summed E-state index contributed by atoms with van der Waals surface area (Å²) in [6.07, 6.45) is 5.77. The minimum Gasteiger partial charge on any atom is -0.356 e. The first-order chi connectivity index (χ1) is 13.6. The largest absolute Gasteiger partial charge is 0.356 e. The van der Waals surface area contributed by atoms with Crippen molar-refractivity contribution < 1.29 is 9.18 Å². The fourth-order valence-corrected chi connectivity index (χ4v) is 3.32. The van der Waals surface area contributed by atoms with Gasteiger partial charge in [0.05, 0.1) is 5.69 Å². The average molecular weight is 402 g/mol. The van der Waals surface area contributed by atoms with E-state index in [2.05, 4.69) is 30.3 Å². The molecule has 0 unspecified atom stereocenters. The molecule has 1 N–H and O–H groups in total. The second kappa shape index (κ2) is 7.89. The Kier molecular flexibility index (Phi) is 5.16. The average Bonchev–Trinajstić information content (AvgIpc) is 3.25. The lowest BCUT2D eigenvalue weighted by Gasteiger charge is -2.32. The van der Waals surface area contributed by atoms with Crippen LogP contribution in [0.2, 0.25) is 5.02 Å². The minimum atomic E-state index is -0.542. The predicted molar refractivity (Wildman–Crippen MR) is 102 cm³/mol. The van der Waals surface area contributed by atoms with Crippen LogP contribution in [0.15, 0.2) is 43.2 Å². The van der Waals surface area contributed by atoms with E-state index in [-0.39, 0.29) is 17.5 Å². The third-order valence-corrected chi connectivity index (χ3v) is 4.91. The van der Waals surface area contributed by atoms with Crippen molar-refractivity contribution in [3.8, 4) is 5.82 Å². The minimum absolute atomic E-state index is 0.144. The van der Waals surface area contributed by atoms with Crippen LogP contribution in [-0.4, -0.2) is 43.7 Å². The summed E-state index contributed by atoms with van der Waals surface area (Å²) in [5.74, 6) is 0.471. The van der Waals surface area contributed by atoms with Gasteiger partial charge in [0.2, 0.25) is 5.91 Å². The Balaban J connectivity index is 1.38. The molecule has 3 aromatic rings. The van der Waals surface area contributed by atoms with Crippen molar-refractivity contribution in [3.05, 3.63) is 54.1 Å². The zero-order chi connectivity index (χ0) is 19.5. The number of amides is 1. The molecule has 1 fully saturated rings. The van der Waals surface area contributed by atoms with E-state index in [0.717, 1.165) is 5.82 Å². The lowest BCUT2D eigenvalue weighted by molar-refractivity contribution is -0.120. The Hall–Kier alpha value is -3.07. The Morgan fingerprint density at radius 2 is 1.93 bits per heavy atom. The molecule has 1 aromatic carbocycles. The first-order valence-electron chi connectivity index (χ1n) is 8.78. The first-order valence-corrected chi connectivity index (χ1v) is 9.16. The van der Waals surface area contributed by atoms with Crippen LogP contribution in [0.5, 0.6) is 0 Å². The van der Waals surface area contributed by atoms with Crippen LogP contribution in [0.25, 0.3) is 5.82 Å². The molecular weight excluding hydrogens is 385 g/mol. The van der Waals surface area contributed by atoms with Crippen LogP contribution in [0.4, 0.5) is 15.9 Å². The van der Waals surface area contributed by atoms with E-state index in [9.17, 15) is 9.18 Å². The van der Waals surface area contributed by atoms with Gasteiger partial charge in [-0.15, -0.1) is 0 Å². The highest BCUT2D eigenvalue weighted by molar-refractivity contribution is 6.30. The molecule has 1 amide bonds. The molecule has 1 aliphatic rings. The maximum atomic E-state index is 13.9. The fourth-order valence-electron chi connectivity index (χ4n) is 3.16. The molecule has 4 rings (SSSR count). The van der Waals surface area contributed by atoms with Crippen LogP contribution in [0.3, 0.4) is 0 Å². The zero-order valence-corrected chi connectivity index (χ0v) is 15.6. The maximum Gasteiger partial charge on any atom is 0.227 e. The number of piperidine rings is 1. The number of halogens is 2. The van der Waals surface area contributed by atoms with Gasteiger partial charge in [0.1, 0.15) is 30.6 Å². The van der Waals surface area contributed by atoms with Crippen LogP contribution in [-0.2, 0) is 4.79 Å². The van der Waals surface area contributed by atoms with Gasteiger partial charge in [-0.25, -0.2) is 24.0 Å². The third-order valence-electron chi connectivity index (χ3n) is 4.67. The SMILES string of the molecule is O=C(Nc1ccc(Cl)cc1F)C1CCN(c2cc(-n3cncn3)ncn2)CC1. The molecule has 10 heteroatoms. The lowest BCUT2D eigenvalue weighted by atomic mass is 9.95. The fraction of sp³-hybridized carbons (Fsp3) is 0.278. The molecule has 0 spiro atoms. The monoisotopic (exact) mass is 401 g/mol. The lowest BCUT2D eigenvalue weighted by Crippen LogP contribution is -2.38. The molecule has 1 aliphatic heterocycles. The smallest absolute Gasteiger partial charge is 0.227 e. The van der Waals surface area contributed by atoms with E-state index in [4.69, 9.17) is 11.6 Å². The van der Waals surface area contributed by atoms with Crippen molar-refractivity contribution in [2.45, 2.75) is 12.8 Å². The number of carbonyl (C=O) groups excluding carboxylic acids is 1. The number of aromatic nitrogens is 5. The summed E-state index contributed by atoms with van der Waals surface area (Å²) in [4.78, 5) is 27.0. The summed E-state index contributed by atoms with van der Waals surface area (Å²) in [7, 11) is 0. The highest BCUT2D eigenvalue weighted by atomic mass is 35.5. The summed E-state index contributed by atoms with van der Waals surface area (Å²) >= 11 is 5.74. The number of anilines is 2. The summed E-state index contributed by atoms with van der Waals surface area (Å²) < 4.78 is 15.4. The Bertz CT molecular complexity index is 974. The van der Waals surface area contributed by atoms with Gasteiger partial charge in [-0.05, 0) is 31.0 Å². The highest BCUT2D eigenvalue weighted by Gasteiger charge is 2.26. The van der Waals surface area contributed by atoms with E-state index >= 15 is 0 Å². The third kappa shape index (κ3) is 3.94. The van der Waals surface area contributed by atoms with E-state index in [1.54, 1.807) is 17.1 Å². The normalized spacial score (nSPS) is 14.9. The molecule has 0 saturated carbocycles. The van der Waals surface area contributed by atoms with Crippen LogP contribution < -0.4 is 10.2 Å². The Labute approximate surface area is 165 Å². The molecule has 8 nitrogen and oxygen atoms in total. The van der Waals surface area contributed by atoms with Gasteiger partial charge < -0.3 is 10.2 Å².